The molecular weight excluding hydrogens is 346 g/mol. The lowest BCUT2D eigenvalue weighted by molar-refractivity contribution is -0.117. The Hall–Kier alpha value is -3.19. The maximum absolute atomic E-state index is 12.0. The number of para-hydroxylation sites is 1. The number of carbonyl (C=O) groups is 1. The third-order valence-electron chi connectivity index (χ3n) is 3.92. The molecule has 0 aliphatic rings. The molecule has 0 unspecified atom stereocenters. The minimum Gasteiger partial charge on any atom is -0.368 e. The van der Waals surface area contributed by atoms with Crippen molar-refractivity contribution in [3.8, 4) is 5.69 Å². The molecule has 0 fully saturated rings. The van der Waals surface area contributed by atoms with Gasteiger partial charge < -0.3 is 5.73 Å². The maximum Gasteiger partial charge on any atom is 0.235 e. The second-order valence-electron chi connectivity index (χ2n) is 5.62. The molecule has 0 saturated carbocycles. The van der Waals surface area contributed by atoms with Crippen LogP contribution >= 0.6 is 11.8 Å². The molecule has 0 aliphatic heterocycles. The van der Waals surface area contributed by atoms with Gasteiger partial charge in [0.15, 0.2) is 5.65 Å². The van der Waals surface area contributed by atoms with Crippen LogP contribution in [-0.4, -0.2) is 25.7 Å². The van der Waals surface area contributed by atoms with E-state index < -0.39 is 11.2 Å². The highest BCUT2D eigenvalue weighted by Gasteiger charge is 2.22. The van der Waals surface area contributed by atoms with Crippen molar-refractivity contribution in [3.05, 3.63) is 78.8 Å². The number of nitrogens with zero attached hydrogens (tertiary/aromatic N) is 4. The van der Waals surface area contributed by atoms with Crippen molar-refractivity contribution in [1.82, 2.24) is 19.7 Å². The minimum absolute atomic E-state index is 0.414. The summed E-state index contributed by atoms with van der Waals surface area (Å²) < 4.78 is 1.75. The van der Waals surface area contributed by atoms with Gasteiger partial charge in [0.05, 0.1) is 17.3 Å². The summed E-state index contributed by atoms with van der Waals surface area (Å²) >= 11 is 1.31. The van der Waals surface area contributed by atoms with Gasteiger partial charge in [-0.2, -0.15) is 5.10 Å². The Bertz CT molecular complexity index is 1050. The second kappa shape index (κ2) is 6.97. The quantitative estimate of drug-likeness (QED) is 0.436. The van der Waals surface area contributed by atoms with E-state index in [9.17, 15) is 4.79 Å². The van der Waals surface area contributed by atoms with Crippen molar-refractivity contribution >= 4 is 28.7 Å². The van der Waals surface area contributed by atoms with Crippen LogP contribution in [-0.2, 0) is 4.79 Å². The SMILES string of the molecule is NC(=O)[C@H](Sc1ncnc2c1cnn2-c1ccccc1)c1ccccc1. The number of amides is 1. The van der Waals surface area contributed by atoms with Crippen LogP contribution in [0.2, 0.25) is 0 Å². The van der Waals surface area contributed by atoms with E-state index >= 15 is 0 Å². The first-order chi connectivity index (χ1) is 12.7. The number of benzene rings is 2. The van der Waals surface area contributed by atoms with E-state index in [0.717, 1.165) is 16.6 Å². The zero-order valence-corrected chi connectivity index (χ0v) is 14.5. The van der Waals surface area contributed by atoms with Crippen molar-refractivity contribution in [2.75, 3.05) is 0 Å². The summed E-state index contributed by atoms with van der Waals surface area (Å²) in [5, 5.41) is 5.35. The molecule has 1 atom stereocenters. The standard InChI is InChI=1S/C19H15N5OS/c20-17(25)16(13-7-3-1-4-8-13)26-19-15-11-23-24(18(15)21-12-22-19)14-9-5-2-6-10-14/h1-12,16H,(H2,20,25)/t16-/m1/s1. The molecule has 2 aromatic heterocycles. The molecule has 0 aliphatic carbocycles. The van der Waals surface area contributed by atoms with Gasteiger partial charge in [0.2, 0.25) is 5.91 Å². The minimum atomic E-state index is -0.533. The smallest absolute Gasteiger partial charge is 0.235 e. The summed E-state index contributed by atoms with van der Waals surface area (Å²) in [6, 6.07) is 19.2. The highest BCUT2D eigenvalue weighted by Crippen LogP contribution is 2.37. The zero-order valence-electron chi connectivity index (χ0n) is 13.7. The lowest BCUT2D eigenvalue weighted by Gasteiger charge is -2.13. The first-order valence-electron chi connectivity index (χ1n) is 7.99. The maximum atomic E-state index is 12.0. The fraction of sp³-hybridized carbons (Fsp3) is 0.0526. The molecule has 2 heterocycles. The van der Waals surface area contributed by atoms with Crippen LogP contribution in [0.15, 0.2) is 78.2 Å². The summed E-state index contributed by atoms with van der Waals surface area (Å²) in [7, 11) is 0. The van der Waals surface area contributed by atoms with Gasteiger partial charge in [0.25, 0.3) is 0 Å². The third-order valence-corrected chi connectivity index (χ3v) is 5.21. The fourth-order valence-corrected chi connectivity index (χ4v) is 3.72. The molecule has 0 radical (unpaired) electrons. The predicted octanol–water partition coefficient (Wildman–Crippen LogP) is 3.13. The molecule has 0 spiro atoms. The molecule has 7 heteroatoms. The summed E-state index contributed by atoms with van der Waals surface area (Å²) in [5.41, 5.74) is 8.07. The van der Waals surface area contributed by atoms with E-state index in [4.69, 9.17) is 5.73 Å². The largest absolute Gasteiger partial charge is 0.368 e. The van der Waals surface area contributed by atoms with Crippen LogP contribution in [0, 0.1) is 0 Å². The Balaban J connectivity index is 1.75. The number of carbonyl (C=O) groups excluding carboxylic acids is 1. The Morgan fingerprint density at radius 1 is 1.00 bits per heavy atom. The molecule has 2 aromatic carbocycles. The van der Waals surface area contributed by atoms with E-state index in [2.05, 4.69) is 15.1 Å². The number of primary amides is 1. The van der Waals surface area contributed by atoms with Gasteiger partial charge >= 0.3 is 0 Å². The van der Waals surface area contributed by atoms with E-state index in [0.29, 0.717) is 10.7 Å². The van der Waals surface area contributed by atoms with E-state index in [1.165, 1.54) is 18.1 Å². The number of hydrogen-bond acceptors (Lipinski definition) is 5. The Labute approximate surface area is 154 Å². The topological polar surface area (TPSA) is 86.7 Å². The molecule has 26 heavy (non-hydrogen) atoms. The van der Waals surface area contributed by atoms with Crippen LogP contribution in [0.5, 0.6) is 0 Å². The second-order valence-corrected chi connectivity index (χ2v) is 6.71. The van der Waals surface area contributed by atoms with Gasteiger partial charge in [-0.25, -0.2) is 14.6 Å². The molecule has 1 amide bonds. The van der Waals surface area contributed by atoms with Gasteiger partial charge in [-0.1, -0.05) is 60.3 Å². The highest BCUT2D eigenvalue weighted by atomic mass is 32.2. The van der Waals surface area contributed by atoms with E-state index in [-0.39, 0.29) is 0 Å². The Morgan fingerprint density at radius 3 is 2.38 bits per heavy atom. The number of thioether (sulfide) groups is 1. The molecular formula is C19H15N5OS. The highest BCUT2D eigenvalue weighted by molar-refractivity contribution is 8.00. The number of fused-ring (bicyclic) bond motifs is 1. The summed E-state index contributed by atoms with van der Waals surface area (Å²) in [5.74, 6) is -0.414. The molecule has 2 N–H and O–H groups in total. The van der Waals surface area contributed by atoms with Gasteiger partial charge in [-0.3, -0.25) is 4.79 Å². The van der Waals surface area contributed by atoms with E-state index in [1.807, 2.05) is 60.7 Å². The Kier molecular flexibility index (Phi) is 4.37. The van der Waals surface area contributed by atoms with Crippen LogP contribution in [0.1, 0.15) is 10.8 Å². The van der Waals surface area contributed by atoms with Gasteiger partial charge in [0, 0.05) is 0 Å². The van der Waals surface area contributed by atoms with Crippen molar-refractivity contribution < 1.29 is 4.79 Å². The van der Waals surface area contributed by atoms with Gasteiger partial charge in [-0.15, -0.1) is 0 Å². The summed E-state index contributed by atoms with van der Waals surface area (Å²) in [4.78, 5) is 20.7. The molecule has 4 rings (SSSR count). The summed E-state index contributed by atoms with van der Waals surface area (Å²) in [6.45, 7) is 0. The third kappa shape index (κ3) is 3.04. The average molecular weight is 361 g/mol. The van der Waals surface area contributed by atoms with Crippen molar-refractivity contribution in [2.45, 2.75) is 10.3 Å². The number of nitrogens with two attached hydrogens (primary N) is 1. The van der Waals surface area contributed by atoms with Crippen LogP contribution in [0.25, 0.3) is 16.7 Å². The molecule has 6 nitrogen and oxygen atoms in total. The molecule has 128 valence electrons. The van der Waals surface area contributed by atoms with Crippen LogP contribution < -0.4 is 5.73 Å². The molecule has 4 aromatic rings. The molecule has 0 saturated heterocycles. The van der Waals surface area contributed by atoms with Crippen LogP contribution in [0.3, 0.4) is 0 Å². The van der Waals surface area contributed by atoms with Crippen molar-refractivity contribution in [3.63, 3.8) is 0 Å². The normalized spacial score (nSPS) is 12.2. The first-order valence-corrected chi connectivity index (χ1v) is 8.87. The first kappa shape index (κ1) is 16.3. The van der Waals surface area contributed by atoms with Crippen molar-refractivity contribution in [1.29, 1.82) is 0 Å². The van der Waals surface area contributed by atoms with Gasteiger partial charge in [-0.05, 0) is 17.7 Å². The van der Waals surface area contributed by atoms with Crippen LogP contribution in [0.4, 0.5) is 0 Å². The fourth-order valence-electron chi connectivity index (χ4n) is 2.70. The van der Waals surface area contributed by atoms with Gasteiger partial charge in [0.1, 0.15) is 16.6 Å². The van der Waals surface area contributed by atoms with E-state index in [1.54, 1.807) is 10.9 Å². The predicted molar refractivity (Wildman–Crippen MR) is 101 cm³/mol. The average Bonchev–Trinajstić information content (AvgIpc) is 3.12. The monoisotopic (exact) mass is 361 g/mol. The number of aromatic nitrogens is 4. The lowest BCUT2D eigenvalue weighted by atomic mass is 10.1. The summed E-state index contributed by atoms with van der Waals surface area (Å²) in [6.07, 6.45) is 3.20. The van der Waals surface area contributed by atoms with Crippen molar-refractivity contribution in [2.24, 2.45) is 5.73 Å². The Morgan fingerprint density at radius 2 is 1.69 bits per heavy atom. The molecule has 0 bridgehead atoms. The number of rotatable bonds is 5. The zero-order chi connectivity index (χ0) is 17.9. The lowest BCUT2D eigenvalue weighted by Crippen LogP contribution is -2.19. The number of hydrogen-bond donors (Lipinski definition) is 1.